The Balaban J connectivity index is 0.000000204. The highest BCUT2D eigenvalue weighted by Gasteiger charge is 1.98. The molecule has 0 saturated heterocycles. The maximum atomic E-state index is 10.2. The third-order valence-corrected chi connectivity index (χ3v) is 2.46. The molecule has 0 radical (unpaired) electrons. The predicted octanol–water partition coefficient (Wildman–Crippen LogP) is 2.43. The fourth-order valence-electron chi connectivity index (χ4n) is 1.41. The SMILES string of the molecule is CC(=S)NCc1ccccc1.NC(=O)Cc1ccco1. The molecule has 0 aliphatic rings. The highest BCUT2D eigenvalue weighted by molar-refractivity contribution is 7.80. The number of rotatable bonds is 4. The topological polar surface area (TPSA) is 68.3 Å². The van der Waals surface area contributed by atoms with Crippen LogP contribution in [0.1, 0.15) is 18.2 Å². The first-order valence-electron chi connectivity index (χ1n) is 6.17. The maximum absolute atomic E-state index is 10.2. The maximum Gasteiger partial charge on any atom is 0.225 e. The van der Waals surface area contributed by atoms with Crippen molar-refractivity contribution in [3.05, 3.63) is 60.1 Å². The van der Waals surface area contributed by atoms with Crippen molar-refractivity contribution >= 4 is 23.1 Å². The quantitative estimate of drug-likeness (QED) is 0.849. The molecule has 0 saturated carbocycles. The molecule has 2 aromatic rings. The summed E-state index contributed by atoms with van der Waals surface area (Å²) in [5, 5.41) is 3.09. The highest BCUT2D eigenvalue weighted by atomic mass is 32.1. The molecule has 1 aromatic carbocycles. The summed E-state index contributed by atoms with van der Waals surface area (Å²) in [6, 6.07) is 13.6. The molecule has 0 atom stereocenters. The van der Waals surface area contributed by atoms with E-state index in [0.29, 0.717) is 5.76 Å². The third-order valence-electron chi connectivity index (χ3n) is 2.31. The molecule has 1 aromatic heterocycles. The van der Waals surface area contributed by atoms with Gasteiger partial charge in [0.1, 0.15) is 5.76 Å². The number of amides is 1. The molecule has 106 valence electrons. The summed E-state index contributed by atoms with van der Waals surface area (Å²) < 4.78 is 4.84. The Morgan fingerprint density at radius 2 is 1.95 bits per heavy atom. The van der Waals surface area contributed by atoms with Gasteiger partial charge in [0.05, 0.1) is 17.7 Å². The molecule has 1 amide bonds. The largest absolute Gasteiger partial charge is 0.469 e. The molecular weight excluding hydrogens is 272 g/mol. The van der Waals surface area contributed by atoms with Gasteiger partial charge in [-0.1, -0.05) is 42.5 Å². The summed E-state index contributed by atoms with van der Waals surface area (Å²) in [5.74, 6) is 0.243. The number of hydrogen-bond donors (Lipinski definition) is 2. The number of primary amides is 1. The van der Waals surface area contributed by atoms with E-state index in [-0.39, 0.29) is 12.3 Å². The minimum absolute atomic E-state index is 0.188. The number of hydrogen-bond acceptors (Lipinski definition) is 3. The Morgan fingerprint density at radius 3 is 2.45 bits per heavy atom. The van der Waals surface area contributed by atoms with Crippen molar-refractivity contribution in [3.8, 4) is 0 Å². The van der Waals surface area contributed by atoms with E-state index in [9.17, 15) is 4.79 Å². The molecule has 4 nitrogen and oxygen atoms in total. The van der Waals surface area contributed by atoms with Crippen LogP contribution in [0.5, 0.6) is 0 Å². The Bertz CT molecular complexity index is 524. The van der Waals surface area contributed by atoms with Crippen molar-refractivity contribution < 1.29 is 9.21 Å². The molecule has 0 fully saturated rings. The first kappa shape index (κ1) is 15.9. The van der Waals surface area contributed by atoms with Crippen molar-refractivity contribution in [2.75, 3.05) is 0 Å². The molecule has 3 N–H and O–H groups in total. The standard InChI is InChI=1S/C9H11NS.C6H7NO2/c1-8(11)10-7-9-5-3-2-4-6-9;7-6(8)4-5-2-1-3-9-5/h2-6H,7H2,1H3,(H,10,11);1-3H,4H2,(H2,7,8). The molecule has 0 aliphatic carbocycles. The van der Waals surface area contributed by atoms with Gasteiger partial charge in [0.15, 0.2) is 0 Å². The molecule has 0 bridgehead atoms. The number of benzene rings is 1. The number of carbonyl (C=O) groups is 1. The zero-order valence-corrected chi connectivity index (χ0v) is 12.2. The predicted molar refractivity (Wildman–Crippen MR) is 83.2 cm³/mol. The second-order valence-electron chi connectivity index (χ2n) is 4.12. The van der Waals surface area contributed by atoms with Crippen LogP contribution < -0.4 is 11.1 Å². The Hall–Kier alpha value is -2.14. The molecular formula is C15H18N2O2S. The summed E-state index contributed by atoms with van der Waals surface area (Å²) in [6.07, 6.45) is 1.70. The van der Waals surface area contributed by atoms with Crippen molar-refractivity contribution in [2.24, 2.45) is 5.73 Å². The molecule has 1 heterocycles. The summed E-state index contributed by atoms with van der Waals surface area (Å²) in [6.45, 7) is 2.72. The summed E-state index contributed by atoms with van der Waals surface area (Å²) in [4.78, 5) is 11.1. The van der Waals surface area contributed by atoms with Crippen molar-refractivity contribution in [1.29, 1.82) is 0 Å². The minimum Gasteiger partial charge on any atom is -0.469 e. The van der Waals surface area contributed by atoms with Crippen LogP contribution in [0.4, 0.5) is 0 Å². The van der Waals surface area contributed by atoms with Crippen molar-refractivity contribution in [2.45, 2.75) is 19.9 Å². The molecule has 2 rings (SSSR count). The molecule has 0 unspecified atom stereocenters. The Kier molecular flexibility index (Phi) is 7.06. The number of carbonyl (C=O) groups excluding carboxylic acids is 1. The van der Waals surface area contributed by atoms with Crippen molar-refractivity contribution in [3.63, 3.8) is 0 Å². The lowest BCUT2D eigenvalue weighted by molar-refractivity contribution is -0.117. The van der Waals surface area contributed by atoms with Gasteiger partial charge >= 0.3 is 0 Å². The van der Waals surface area contributed by atoms with E-state index < -0.39 is 0 Å². The van der Waals surface area contributed by atoms with Gasteiger partial charge in [-0.05, 0) is 24.6 Å². The van der Waals surface area contributed by atoms with Gasteiger partial charge in [-0.2, -0.15) is 0 Å². The first-order valence-corrected chi connectivity index (χ1v) is 6.58. The van der Waals surface area contributed by atoms with Crippen LogP contribution in [0.3, 0.4) is 0 Å². The number of thiocarbonyl (C=S) groups is 1. The summed E-state index contributed by atoms with van der Waals surface area (Å²) in [7, 11) is 0. The fourth-order valence-corrected chi connectivity index (χ4v) is 1.48. The fraction of sp³-hybridized carbons (Fsp3) is 0.200. The van der Waals surface area contributed by atoms with E-state index in [4.69, 9.17) is 22.4 Å². The van der Waals surface area contributed by atoms with E-state index in [1.807, 2.05) is 25.1 Å². The van der Waals surface area contributed by atoms with Gasteiger partial charge in [-0.3, -0.25) is 4.79 Å². The highest BCUT2D eigenvalue weighted by Crippen LogP contribution is 1.99. The lowest BCUT2D eigenvalue weighted by Gasteiger charge is -2.02. The van der Waals surface area contributed by atoms with Gasteiger partial charge in [-0.15, -0.1) is 0 Å². The van der Waals surface area contributed by atoms with Crippen LogP contribution in [0, 0.1) is 0 Å². The van der Waals surface area contributed by atoms with Crippen LogP contribution in [0.2, 0.25) is 0 Å². The number of furan rings is 1. The van der Waals surface area contributed by atoms with Gasteiger partial charge in [-0.25, -0.2) is 0 Å². The van der Waals surface area contributed by atoms with E-state index in [1.54, 1.807) is 12.1 Å². The lowest BCUT2D eigenvalue weighted by Crippen LogP contribution is -2.16. The van der Waals surface area contributed by atoms with E-state index in [0.717, 1.165) is 11.5 Å². The number of nitrogens with two attached hydrogens (primary N) is 1. The molecule has 0 spiro atoms. The van der Waals surface area contributed by atoms with Crippen LogP contribution in [0.25, 0.3) is 0 Å². The zero-order chi connectivity index (χ0) is 14.8. The van der Waals surface area contributed by atoms with Crippen LogP contribution in [0.15, 0.2) is 53.1 Å². The summed E-state index contributed by atoms with van der Waals surface area (Å²) in [5.41, 5.74) is 6.15. The lowest BCUT2D eigenvalue weighted by atomic mass is 10.2. The normalized spacial score (nSPS) is 9.25. The van der Waals surface area contributed by atoms with Crippen LogP contribution >= 0.6 is 12.2 Å². The zero-order valence-electron chi connectivity index (χ0n) is 11.3. The monoisotopic (exact) mass is 290 g/mol. The first-order chi connectivity index (χ1) is 9.58. The third kappa shape index (κ3) is 7.33. The van der Waals surface area contributed by atoms with Gasteiger partial charge in [0.2, 0.25) is 5.91 Å². The average molecular weight is 290 g/mol. The minimum atomic E-state index is -0.370. The van der Waals surface area contributed by atoms with Crippen LogP contribution in [-0.2, 0) is 17.8 Å². The van der Waals surface area contributed by atoms with Gasteiger partial charge < -0.3 is 15.5 Å². The van der Waals surface area contributed by atoms with Gasteiger partial charge in [0, 0.05) is 6.54 Å². The van der Waals surface area contributed by atoms with Gasteiger partial charge in [0.25, 0.3) is 0 Å². The van der Waals surface area contributed by atoms with E-state index in [1.165, 1.54) is 11.8 Å². The smallest absolute Gasteiger partial charge is 0.225 e. The Morgan fingerprint density at radius 1 is 1.25 bits per heavy atom. The molecule has 0 aliphatic heterocycles. The average Bonchev–Trinajstić information content (AvgIpc) is 2.90. The molecule has 5 heteroatoms. The number of nitrogens with one attached hydrogen (secondary N) is 1. The van der Waals surface area contributed by atoms with Crippen molar-refractivity contribution in [1.82, 2.24) is 5.32 Å². The van der Waals surface area contributed by atoms with E-state index in [2.05, 4.69) is 17.4 Å². The van der Waals surface area contributed by atoms with Crippen LogP contribution in [-0.4, -0.2) is 10.9 Å². The van der Waals surface area contributed by atoms with E-state index >= 15 is 0 Å². The molecule has 20 heavy (non-hydrogen) atoms. The second-order valence-corrected chi connectivity index (χ2v) is 4.73. The summed E-state index contributed by atoms with van der Waals surface area (Å²) >= 11 is 4.88. The second kappa shape index (κ2) is 8.87. The Labute approximate surface area is 124 Å².